The van der Waals surface area contributed by atoms with Gasteiger partial charge in [0.1, 0.15) is 6.61 Å². The minimum atomic E-state index is -4.37. The molecule has 0 saturated carbocycles. The average Bonchev–Trinajstić information content (AvgIpc) is 3.10. The lowest BCUT2D eigenvalue weighted by Gasteiger charge is -2.19. The maximum absolute atomic E-state index is 12.5. The van der Waals surface area contributed by atoms with Gasteiger partial charge < -0.3 is 20.1 Å². The van der Waals surface area contributed by atoms with Gasteiger partial charge in [0.15, 0.2) is 6.10 Å². The van der Waals surface area contributed by atoms with Crippen molar-refractivity contribution in [1.29, 1.82) is 0 Å². The maximum atomic E-state index is 12.5. The summed E-state index contributed by atoms with van der Waals surface area (Å²) in [6.45, 7) is 3.70. The van der Waals surface area contributed by atoms with Gasteiger partial charge in [-0.05, 0) is 64.2 Å². The fourth-order valence-electron chi connectivity index (χ4n) is 5.51. The number of ether oxygens (including phenoxy) is 2. The maximum Gasteiger partial charge on any atom is 0.472 e. The lowest BCUT2D eigenvalue weighted by molar-refractivity contribution is -0.161. The van der Waals surface area contributed by atoms with Crippen LogP contribution in [0.25, 0.3) is 0 Å². The number of nitrogens with two attached hydrogens (primary N) is 1. The molecule has 0 fully saturated rings. The highest BCUT2D eigenvalue weighted by atomic mass is 31.2. The van der Waals surface area contributed by atoms with Crippen LogP contribution in [-0.2, 0) is 32.7 Å². The van der Waals surface area contributed by atoms with Crippen molar-refractivity contribution in [3.8, 4) is 0 Å². The molecule has 0 spiro atoms. The number of carbonyl (C=O) groups excluding carboxylic acids is 2. The number of allylic oxidation sites excluding steroid dienone is 4. The van der Waals surface area contributed by atoms with Gasteiger partial charge in [-0.25, -0.2) is 4.57 Å². The molecule has 0 aromatic heterocycles. The van der Waals surface area contributed by atoms with Gasteiger partial charge in [0, 0.05) is 19.4 Å². The molecule has 0 radical (unpaired) electrons. The normalized spacial score (nSPS) is 13.6. The highest BCUT2D eigenvalue weighted by Gasteiger charge is 2.25. The van der Waals surface area contributed by atoms with E-state index in [0.717, 1.165) is 70.6 Å². The van der Waals surface area contributed by atoms with Crippen LogP contribution in [0, 0.1) is 0 Å². The Morgan fingerprint density at radius 1 is 0.580 bits per heavy atom. The summed E-state index contributed by atoms with van der Waals surface area (Å²) in [5.41, 5.74) is 5.33. The fourth-order valence-corrected chi connectivity index (χ4v) is 6.27. The number of unbranched alkanes of at least 4 members (excludes halogenated alkanes) is 21. The third-order valence-electron chi connectivity index (χ3n) is 8.56. The van der Waals surface area contributed by atoms with Crippen LogP contribution in [0.2, 0.25) is 0 Å². The van der Waals surface area contributed by atoms with E-state index < -0.39 is 32.5 Å². The summed E-state index contributed by atoms with van der Waals surface area (Å²) in [5, 5.41) is 0. The van der Waals surface area contributed by atoms with Crippen LogP contribution in [0.15, 0.2) is 24.3 Å². The molecule has 2 atom stereocenters. The van der Waals surface area contributed by atoms with Gasteiger partial charge >= 0.3 is 19.8 Å². The van der Waals surface area contributed by atoms with Crippen LogP contribution < -0.4 is 5.73 Å². The van der Waals surface area contributed by atoms with Crippen molar-refractivity contribution in [3.05, 3.63) is 24.3 Å². The van der Waals surface area contributed by atoms with Gasteiger partial charge in [-0.2, -0.15) is 0 Å². The van der Waals surface area contributed by atoms with Crippen LogP contribution in [0.4, 0.5) is 0 Å². The minimum Gasteiger partial charge on any atom is -0.462 e. The molecule has 0 aliphatic carbocycles. The Kier molecular flexibility index (Phi) is 36.1. The summed E-state index contributed by atoms with van der Waals surface area (Å²) in [7, 11) is -4.37. The molecule has 0 saturated heterocycles. The van der Waals surface area contributed by atoms with E-state index in [4.69, 9.17) is 24.3 Å². The number of phosphoric acid groups is 1. The van der Waals surface area contributed by atoms with E-state index in [0.29, 0.717) is 6.42 Å². The second-order valence-electron chi connectivity index (χ2n) is 13.5. The second kappa shape index (κ2) is 37.3. The Morgan fingerprint density at radius 2 is 0.980 bits per heavy atom. The second-order valence-corrected chi connectivity index (χ2v) is 14.9. The predicted octanol–water partition coefficient (Wildman–Crippen LogP) is 11.2. The predicted molar refractivity (Wildman–Crippen MR) is 206 cm³/mol. The van der Waals surface area contributed by atoms with E-state index in [1.807, 2.05) is 0 Å². The quantitative estimate of drug-likeness (QED) is 0.0275. The van der Waals surface area contributed by atoms with Gasteiger partial charge in [-0.1, -0.05) is 134 Å². The van der Waals surface area contributed by atoms with Gasteiger partial charge in [-0.3, -0.25) is 18.6 Å². The Hall–Kier alpha value is -1.51. The van der Waals surface area contributed by atoms with Gasteiger partial charge in [0.25, 0.3) is 0 Å². The summed E-state index contributed by atoms with van der Waals surface area (Å²) in [4.78, 5) is 34.8. The van der Waals surface area contributed by atoms with Crippen molar-refractivity contribution in [2.45, 2.75) is 193 Å². The van der Waals surface area contributed by atoms with Gasteiger partial charge in [-0.15, -0.1) is 0 Å². The van der Waals surface area contributed by atoms with Crippen molar-refractivity contribution < 1.29 is 37.6 Å². The summed E-state index contributed by atoms with van der Waals surface area (Å²) in [6, 6.07) is 0. The zero-order valence-electron chi connectivity index (χ0n) is 32.1. The fraction of sp³-hybridized carbons (Fsp3) is 0.850. The third-order valence-corrected chi connectivity index (χ3v) is 9.54. The molecule has 0 heterocycles. The van der Waals surface area contributed by atoms with E-state index in [9.17, 15) is 19.0 Å². The van der Waals surface area contributed by atoms with Crippen molar-refractivity contribution >= 4 is 19.8 Å². The van der Waals surface area contributed by atoms with Crippen molar-refractivity contribution in [2.75, 3.05) is 26.4 Å². The van der Waals surface area contributed by atoms with Gasteiger partial charge in [0.2, 0.25) is 0 Å². The van der Waals surface area contributed by atoms with E-state index in [1.165, 1.54) is 83.5 Å². The van der Waals surface area contributed by atoms with Crippen LogP contribution >= 0.6 is 7.82 Å². The zero-order chi connectivity index (χ0) is 36.8. The van der Waals surface area contributed by atoms with E-state index in [1.54, 1.807) is 0 Å². The molecule has 0 aromatic carbocycles. The number of hydrogen-bond donors (Lipinski definition) is 2. The van der Waals surface area contributed by atoms with Crippen LogP contribution in [-0.4, -0.2) is 49.3 Å². The third kappa shape index (κ3) is 36.3. The Bertz CT molecular complexity index is 881. The molecule has 0 aromatic rings. The van der Waals surface area contributed by atoms with Crippen LogP contribution in [0.1, 0.15) is 187 Å². The highest BCUT2D eigenvalue weighted by molar-refractivity contribution is 7.47. The first-order chi connectivity index (χ1) is 24.3. The molecule has 0 bridgehead atoms. The minimum absolute atomic E-state index is 0.0518. The lowest BCUT2D eigenvalue weighted by Crippen LogP contribution is -2.29. The first-order valence-electron chi connectivity index (χ1n) is 20.3. The molecule has 0 aliphatic rings. The van der Waals surface area contributed by atoms with Crippen LogP contribution in [0.5, 0.6) is 0 Å². The number of hydrogen-bond acceptors (Lipinski definition) is 8. The lowest BCUT2D eigenvalue weighted by atomic mass is 10.1. The Balaban J connectivity index is 4.21. The molecular formula is C40H76NO8P. The van der Waals surface area contributed by atoms with Crippen LogP contribution in [0.3, 0.4) is 0 Å². The largest absolute Gasteiger partial charge is 0.472 e. The molecular weight excluding hydrogens is 653 g/mol. The SMILES string of the molecule is CCCCCCC/C=C/CCCCCCCC(=O)OCC(COP(=O)(O)OCCN)OC(=O)CCCCCCC/C=C/CCCCCCCC. The molecule has 294 valence electrons. The molecule has 10 heteroatoms. The van der Waals surface area contributed by atoms with Crippen molar-refractivity contribution in [2.24, 2.45) is 5.73 Å². The Morgan fingerprint density at radius 3 is 1.42 bits per heavy atom. The number of esters is 2. The Labute approximate surface area is 306 Å². The smallest absolute Gasteiger partial charge is 0.462 e. The summed E-state index contributed by atoms with van der Waals surface area (Å²) in [5.74, 6) is -0.846. The topological polar surface area (TPSA) is 134 Å². The molecule has 9 nitrogen and oxygen atoms in total. The number of phosphoric ester groups is 1. The summed E-state index contributed by atoms with van der Waals surface area (Å²) < 4.78 is 32.7. The highest BCUT2D eigenvalue weighted by Crippen LogP contribution is 2.43. The number of rotatable bonds is 38. The number of carbonyl (C=O) groups is 2. The first kappa shape index (κ1) is 48.5. The first-order valence-corrected chi connectivity index (χ1v) is 21.8. The molecule has 0 rings (SSSR count). The average molecular weight is 730 g/mol. The zero-order valence-corrected chi connectivity index (χ0v) is 33.0. The van der Waals surface area contributed by atoms with E-state index in [2.05, 4.69) is 38.2 Å². The van der Waals surface area contributed by atoms with E-state index >= 15 is 0 Å². The van der Waals surface area contributed by atoms with E-state index in [-0.39, 0.29) is 32.6 Å². The summed E-state index contributed by atoms with van der Waals surface area (Å²) >= 11 is 0. The monoisotopic (exact) mass is 730 g/mol. The van der Waals surface area contributed by atoms with Gasteiger partial charge in [0.05, 0.1) is 13.2 Å². The molecule has 3 N–H and O–H groups in total. The van der Waals surface area contributed by atoms with Crippen molar-refractivity contribution in [1.82, 2.24) is 0 Å². The molecule has 2 unspecified atom stereocenters. The standard InChI is InChI=1S/C40H76NO8P/c1-3-5-7-9-11-13-15-17-19-21-23-25-27-29-31-33-40(43)49-38(37-48-50(44,45)47-35-34-41)36-46-39(42)32-30-28-26-24-22-20-18-16-14-12-10-8-6-4-2/h16-19,38H,3-15,20-37,41H2,1-2H3,(H,44,45)/b18-16+,19-17+. The van der Waals surface area contributed by atoms with Crippen molar-refractivity contribution in [3.63, 3.8) is 0 Å². The molecule has 50 heavy (non-hydrogen) atoms. The summed E-state index contributed by atoms with van der Waals surface area (Å²) in [6.07, 6.45) is 37.7. The molecule has 0 aliphatic heterocycles. The molecule has 0 amide bonds.